The normalized spacial score (nSPS) is 32.1. The molecule has 20 heavy (non-hydrogen) atoms. The van der Waals surface area contributed by atoms with Crippen molar-refractivity contribution >= 4 is 11.9 Å². The molecule has 2 atom stereocenters. The first-order valence-electron chi connectivity index (χ1n) is 7.67. The highest BCUT2D eigenvalue weighted by Crippen LogP contribution is 2.29. The topological polar surface area (TPSA) is 60.9 Å². The maximum absolute atomic E-state index is 12.4. The number of carboxylic acids is 1. The molecule has 0 aliphatic carbocycles. The van der Waals surface area contributed by atoms with E-state index in [1.165, 1.54) is 6.42 Å². The molecular formula is C15H26N2O3. The van der Waals surface area contributed by atoms with Gasteiger partial charge < -0.3 is 10.0 Å². The standard InChI is InChI=1S/C15H26N2O3/c1-12-6-3-4-9-17(12)13(18)10-16-8-5-7-15(2,11-16)14(19)20/h12H,3-11H2,1-2H3,(H,19,20). The molecule has 2 unspecified atom stereocenters. The molecule has 0 aromatic heterocycles. The number of carbonyl (C=O) groups is 2. The van der Waals surface area contributed by atoms with Crippen LogP contribution in [0.4, 0.5) is 0 Å². The number of hydrogen-bond acceptors (Lipinski definition) is 3. The molecule has 5 heteroatoms. The van der Waals surface area contributed by atoms with Gasteiger partial charge in [0.15, 0.2) is 0 Å². The Morgan fingerprint density at radius 3 is 2.65 bits per heavy atom. The minimum absolute atomic E-state index is 0.159. The van der Waals surface area contributed by atoms with Gasteiger partial charge in [0.1, 0.15) is 0 Å². The van der Waals surface area contributed by atoms with Crippen LogP contribution in [-0.2, 0) is 9.59 Å². The van der Waals surface area contributed by atoms with Gasteiger partial charge in [-0.05, 0) is 52.5 Å². The molecule has 0 saturated carbocycles. The molecule has 1 amide bonds. The first-order valence-corrected chi connectivity index (χ1v) is 7.67. The summed E-state index contributed by atoms with van der Waals surface area (Å²) < 4.78 is 0. The van der Waals surface area contributed by atoms with E-state index in [0.717, 1.165) is 32.4 Å². The summed E-state index contributed by atoms with van der Waals surface area (Å²) in [5, 5.41) is 9.32. The average molecular weight is 282 g/mol. The van der Waals surface area contributed by atoms with Crippen molar-refractivity contribution in [2.45, 2.75) is 52.0 Å². The maximum atomic E-state index is 12.4. The Labute approximate surface area is 120 Å². The minimum Gasteiger partial charge on any atom is -0.481 e. The Bertz CT molecular complexity index is 385. The Morgan fingerprint density at radius 1 is 1.25 bits per heavy atom. The zero-order chi connectivity index (χ0) is 14.8. The molecule has 2 heterocycles. The lowest BCUT2D eigenvalue weighted by Gasteiger charge is -2.39. The van der Waals surface area contributed by atoms with Crippen LogP contribution < -0.4 is 0 Å². The monoisotopic (exact) mass is 282 g/mol. The molecule has 0 bridgehead atoms. The lowest BCUT2D eigenvalue weighted by molar-refractivity contribution is -0.152. The van der Waals surface area contributed by atoms with Gasteiger partial charge in [0.25, 0.3) is 0 Å². The number of carboxylic acid groups (broad SMARTS) is 1. The number of likely N-dealkylation sites (tertiary alicyclic amines) is 2. The Kier molecular flexibility index (Phi) is 4.68. The van der Waals surface area contributed by atoms with E-state index in [1.807, 2.05) is 9.80 Å². The molecule has 0 radical (unpaired) electrons. The third kappa shape index (κ3) is 3.32. The number of nitrogens with zero attached hydrogens (tertiary/aromatic N) is 2. The van der Waals surface area contributed by atoms with Crippen LogP contribution >= 0.6 is 0 Å². The summed E-state index contributed by atoms with van der Waals surface area (Å²) in [5.74, 6) is -0.590. The number of rotatable bonds is 3. The van der Waals surface area contributed by atoms with Crippen molar-refractivity contribution in [3.05, 3.63) is 0 Å². The highest BCUT2D eigenvalue weighted by Gasteiger charge is 2.38. The summed E-state index contributed by atoms with van der Waals surface area (Å²) in [5.41, 5.74) is -0.702. The lowest BCUT2D eigenvalue weighted by atomic mass is 9.82. The third-order valence-electron chi connectivity index (χ3n) is 4.77. The van der Waals surface area contributed by atoms with Crippen LogP contribution in [0, 0.1) is 5.41 Å². The van der Waals surface area contributed by atoms with Gasteiger partial charge in [0.2, 0.25) is 5.91 Å². The van der Waals surface area contributed by atoms with Crippen LogP contribution in [-0.4, -0.2) is 59.0 Å². The Morgan fingerprint density at radius 2 is 2.00 bits per heavy atom. The van der Waals surface area contributed by atoms with Crippen molar-refractivity contribution in [3.63, 3.8) is 0 Å². The van der Waals surface area contributed by atoms with Gasteiger partial charge in [-0.2, -0.15) is 0 Å². The fourth-order valence-corrected chi connectivity index (χ4v) is 3.40. The van der Waals surface area contributed by atoms with Crippen molar-refractivity contribution in [2.24, 2.45) is 5.41 Å². The van der Waals surface area contributed by atoms with Crippen LogP contribution in [0.5, 0.6) is 0 Å². The van der Waals surface area contributed by atoms with E-state index < -0.39 is 11.4 Å². The molecule has 1 N–H and O–H groups in total. The fourth-order valence-electron chi connectivity index (χ4n) is 3.40. The maximum Gasteiger partial charge on any atom is 0.310 e. The molecule has 2 aliphatic heterocycles. The molecule has 5 nitrogen and oxygen atoms in total. The molecule has 0 aromatic rings. The second-order valence-corrected chi connectivity index (χ2v) is 6.61. The smallest absolute Gasteiger partial charge is 0.310 e. The third-order valence-corrected chi connectivity index (χ3v) is 4.77. The van der Waals surface area contributed by atoms with Crippen LogP contribution in [0.15, 0.2) is 0 Å². The summed E-state index contributed by atoms with van der Waals surface area (Å²) in [6.45, 7) is 6.43. The van der Waals surface area contributed by atoms with Crippen molar-refractivity contribution in [1.82, 2.24) is 9.80 Å². The molecule has 2 fully saturated rings. The number of carbonyl (C=O) groups excluding carboxylic acids is 1. The number of amides is 1. The zero-order valence-electron chi connectivity index (χ0n) is 12.6. The Hall–Kier alpha value is -1.10. The summed E-state index contributed by atoms with van der Waals surface area (Å²) >= 11 is 0. The lowest BCUT2D eigenvalue weighted by Crippen LogP contribution is -2.51. The van der Waals surface area contributed by atoms with E-state index in [1.54, 1.807) is 6.92 Å². The van der Waals surface area contributed by atoms with Gasteiger partial charge in [-0.15, -0.1) is 0 Å². The van der Waals surface area contributed by atoms with E-state index in [-0.39, 0.29) is 5.91 Å². The van der Waals surface area contributed by atoms with Crippen molar-refractivity contribution < 1.29 is 14.7 Å². The van der Waals surface area contributed by atoms with Gasteiger partial charge in [-0.3, -0.25) is 14.5 Å². The largest absolute Gasteiger partial charge is 0.481 e. The molecule has 114 valence electrons. The van der Waals surface area contributed by atoms with Crippen molar-refractivity contribution in [1.29, 1.82) is 0 Å². The molecular weight excluding hydrogens is 256 g/mol. The first-order chi connectivity index (χ1) is 9.42. The summed E-state index contributed by atoms with van der Waals surface area (Å²) in [6.07, 6.45) is 4.92. The van der Waals surface area contributed by atoms with Gasteiger partial charge in [-0.25, -0.2) is 0 Å². The van der Waals surface area contributed by atoms with Crippen molar-refractivity contribution in [3.8, 4) is 0 Å². The summed E-state index contributed by atoms with van der Waals surface area (Å²) in [7, 11) is 0. The van der Waals surface area contributed by atoms with Crippen LogP contribution in [0.2, 0.25) is 0 Å². The van der Waals surface area contributed by atoms with Crippen LogP contribution in [0.1, 0.15) is 46.0 Å². The predicted molar refractivity (Wildman–Crippen MR) is 76.4 cm³/mol. The number of hydrogen-bond donors (Lipinski definition) is 1. The quantitative estimate of drug-likeness (QED) is 0.853. The second kappa shape index (κ2) is 6.12. The average Bonchev–Trinajstić information content (AvgIpc) is 2.39. The minimum atomic E-state index is -0.749. The van der Waals surface area contributed by atoms with E-state index in [9.17, 15) is 14.7 Å². The van der Waals surface area contributed by atoms with Gasteiger partial charge >= 0.3 is 5.97 Å². The van der Waals surface area contributed by atoms with Crippen LogP contribution in [0.25, 0.3) is 0 Å². The SMILES string of the molecule is CC1CCCCN1C(=O)CN1CCCC(C)(C(=O)O)C1. The van der Waals surface area contributed by atoms with Gasteiger partial charge in [-0.1, -0.05) is 0 Å². The fraction of sp³-hybridized carbons (Fsp3) is 0.867. The first kappa shape index (κ1) is 15.3. The summed E-state index contributed by atoms with van der Waals surface area (Å²) in [4.78, 5) is 27.7. The summed E-state index contributed by atoms with van der Waals surface area (Å²) in [6, 6.07) is 0.326. The van der Waals surface area contributed by atoms with Gasteiger partial charge in [0.05, 0.1) is 12.0 Å². The molecule has 2 saturated heterocycles. The molecule has 0 aromatic carbocycles. The van der Waals surface area contributed by atoms with E-state index in [2.05, 4.69) is 6.92 Å². The van der Waals surface area contributed by atoms with Crippen molar-refractivity contribution in [2.75, 3.05) is 26.2 Å². The van der Waals surface area contributed by atoms with E-state index in [0.29, 0.717) is 25.6 Å². The van der Waals surface area contributed by atoms with Gasteiger partial charge in [0, 0.05) is 19.1 Å². The van der Waals surface area contributed by atoms with Crippen LogP contribution in [0.3, 0.4) is 0 Å². The molecule has 0 spiro atoms. The molecule has 2 aliphatic rings. The second-order valence-electron chi connectivity index (χ2n) is 6.61. The van der Waals surface area contributed by atoms with E-state index >= 15 is 0 Å². The highest BCUT2D eigenvalue weighted by atomic mass is 16.4. The number of aliphatic carboxylic acids is 1. The highest BCUT2D eigenvalue weighted by molar-refractivity contribution is 5.79. The Balaban J connectivity index is 1.92. The predicted octanol–water partition coefficient (Wildman–Crippen LogP) is 1.57. The number of piperidine rings is 2. The molecule has 2 rings (SSSR count). The van der Waals surface area contributed by atoms with E-state index in [4.69, 9.17) is 0 Å². The zero-order valence-corrected chi connectivity index (χ0v) is 12.6.